The Bertz CT molecular complexity index is 566. The van der Waals surface area contributed by atoms with Crippen LogP contribution in [0.15, 0.2) is 28.8 Å². The molecule has 0 radical (unpaired) electrons. The molecule has 1 aromatic carbocycles. The monoisotopic (exact) mass is 252 g/mol. The number of anilines is 1. The van der Waals surface area contributed by atoms with Crippen molar-refractivity contribution in [2.45, 2.75) is 0 Å². The topological polar surface area (TPSA) is 78.3 Å². The van der Waals surface area contributed by atoms with Gasteiger partial charge in [0.15, 0.2) is 0 Å². The van der Waals surface area contributed by atoms with Crippen LogP contribution in [0.3, 0.4) is 0 Å². The van der Waals surface area contributed by atoms with Crippen LogP contribution >= 0.6 is 11.6 Å². The van der Waals surface area contributed by atoms with E-state index in [2.05, 4.69) is 9.89 Å². The van der Waals surface area contributed by atoms with Crippen molar-refractivity contribution in [2.75, 3.05) is 12.8 Å². The van der Waals surface area contributed by atoms with Gasteiger partial charge in [-0.2, -0.15) is 0 Å². The van der Waals surface area contributed by atoms with Crippen molar-refractivity contribution < 1.29 is 14.1 Å². The molecule has 0 amide bonds. The van der Waals surface area contributed by atoms with Crippen molar-refractivity contribution in [3.8, 4) is 11.1 Å². The second kappa shape index (κ2) is 4.47. The van der Waals surface area contributed by atoms with Gasteiger partial charge in [-0.15, -0.1) is 0 Å². The molecule has 0 aliphatic heterocycles. The van der Waals surface area contributed by atoms with E-state index in [9.17, 15) is 4.79 Å². The molecule has 88 valence electrons. The predicted molar refractivity (Wildman–Crippen MR) is 62.7 cm³/mol. The molecule has 2 N–H and O–H groups in total. The first-order chi connectivity index (χ1) is 8.13. The van der Waals surface area contributed by atoms with Crippen LogP contribution in [0.1, 0.15) is 10.5 Å². The lowest BCUT2D eigenvalue weighted by Gasteiger charge is -2.01. The Balaban J connectivity index is 2.58. The van der Waals surface area contributed by atoms with E-state index < -0.39 is 5.97 Å². The summed E-state index contributed by atoms with van der Waals surface area (Å²) in [5.41, 5.74) is 6.71. The molecule has 0 aliphatic carbocycles. The summed E-state index contributed by atoms with van der Waals surface area (Å²) < 4.78 is 9.39. The van der Waals surface area contributed by atoms with Gasteiger partial charge in [0.1, 0.15) is 0 Å². The predicted octanol–water partition coefficient (Wildman–Crippen LogP) is 2.36. The van der Waals surface area contributed by atoms with Gasteiger partial charge in [-0.3, -0.25) is 0 Å². The van der Waals surface area contributed by atoms with Crippen molar-refractivity contribution in [3.05, 3.63) is 35.0 Å². The van der Waals surface area contributed by atoms with Gasteiger partial charge < -0.3 is 15.0 Å². The van der Waals surface area contributed by atoms with Crippen molar-refractivity contribution in [1.82, 2.24) is 5.16 Å². The number of hydrogen-bond donors (Lipinski definition) is 1. The number of methoxy groups -OCH3 is 1. The third-order valence-corrected chi connectivity index (χ3v) is 2.45. The van der Waals surface area contributed by atoms with Crippen molar-refractivity contribution >= 4 is 23.5 Å². The molecule has 6 heteroatoms. The van der Waals surface area contributed by atoms with Crippen LogP contribution in [-0.4, -0.2) is 18.2 Å². The lowest BCUT2D eigenvalue weighted by atomic mass is 10.1. The normalized spacial score (nSPS) is 10.2. The van der Waals surface area contributed by atoms with Gasteiger partial charge in [0.2, 0.25) is 11.6 Å². The number of ether oxygens (including phenoxy) is 1. The number of hydrogen-bond acceptors (Lipinski definition) is 5. The number of benzene rings is 1. The van der Waals surface area contributed by atoms with Gasteiger partial charge >= 0.3 is 5.97 Å². The summed E-state index contributed by atoms with van der Waals surface area (Å²) in [6.45, 7) is 0. The fourth-order valence-corrected chi connectivity index (χ4v) is 1.65. The Morgan fingerprint density at radius 2 is 2.29 bits per heavy atom. The van der Waals surface area contributed by atoms with Gasteiger partial charge in [-0.05, 0) is 17.7 Å². The summed E-state index contributed by atoms with van der Waals surface area (Å²) in [5.74, 6) is -0.562. The van der Waals surface area contributed by atoms with Crippen LogP contribution in [0.2, 0.25) is 5.02 Å². The highest BCUT2D eigenvalue weighted by molar-refractivity contribution is 6.30. The number of aromatic nitrogens is 1. The zero-order valence-electron chi connectivity index (χ0n) is 8.94. The number of halogens is 1. The SMILES string of the molecule is COC(=O)c1noc(N)c1-c1cccc(Cl)c1. The molecule has 0 fully saturated rings. The van der Waals surface area contributed by atoms with E-state index >= 15 is 0 Å². The Hall–Kier alpha value is -2.01. The molecule has 0 unspecified atom stereocenters. The molecule has 1 heterocycles. The third-order valence-electron chi connectivity index (χ3n) is 2.21. The first kappa shape index (κ1) is 11.5. The molecule has 0 aliphatic rings. The van der Waals surface area contributed by atoms with Gasteiger partial charge in [0.05, 0.1) is 12.7 Å². The maximum absolute atomic E-state index is 11.5. The summed E-state index contributed by atoms with van der Waals surface area (Å²) in [6, 6.07) is 6.87. The first-order valence-corrected chi connectivity index (χ1v) is 5.10. The molecule has 0 spiro atoms. The molecule has 0 saturated heterocycles. The molecule has 2 aromatic rings. The van der Waals surface area contributed by atoms with Crippen LogP contribution in [0.25, 0.3) is 11.1 Å². The molecule has 0 atom stereocenters. The lowest BCUT2D eigenvalue weighted by molar-refractivity contribution is 0.0590. The molecule has 0 bridgehead atoms. The zero-order valence-corrected chi connectivity index (χ0v) is 9.69. The van der Waals surface area contributed by atoms with Crippen LogP contribution in [0.5, 0.6) is 0 Å². The van der Waals surface area contributed by atoms with Gasteiger partial charge in [0, 0.05) is 5.02 Å². The Morgan fingerprint density at radius 3 is 2.94 bits per heavy atom. The minimum atomic E-state index is -0.611. The van der Waals surface area contributed by atoms with E-state index in [1.165, 1.54) is 7.11 Å². The van der Waals surface area contributed by atoms with Crippen LogP contribution in [0.4, 0.5) is 5.88 Å². The molecule has 0 saturated carbocycles. The van der Waals surface area contributed by atoms with Gasteiger partial charge in [0.25, 0.3) is 0 Å². The maximum atomic E-state index is 11.5. The Morgan fingerprint density at radius 1 is 1.53 bits per heavy atom. The highest BCUT2D eigenvalue weighted by atomic mass is 35.5. The van der Waals surface area contributed by atoms with Crippen molar-refractivity contribution in [2.24, 2.45) is 0 Å². The lowest BCUT2D eigenvalue weighted by Crippen LogP contribution is -2.03. The number of rotatable bonds is 2. The van der Waals surface area contributed by atoms with E-state index in [-0.39, 0.29) is 11.6 Å². The van der Waals surface area contributed by atoms with Gasteiger partial charge in [-0.25, -0.2) is 4.79 Å². The summed E-state index contributed by atoms with van der Waals surface area (Å²) in [4.78, 5) is 11.5. The fraction of sp³-hybridized carbons (Fsp3) is 0.0909. The standard InChI is InChI=1S/C11H9ClN2O3/c1-16-11(15)9-8(10(13)17-14-9)6-3-2-4-7(12)5-6/h2-5H,13H2,1H3. The molecule has 1 aromatic heterocycles. The smallest absolute Gasteiger partial charge is 0.361 e. The highest BCUT2D eigenvalue weighted by Crippen LogP contribution is 2.31. The van der Waals surface area contributed by atoms with Crippen molar-refractivity contribution in [1.29, 1.82) is 0 Å². The Kier molecular flexibility index (Phi) is 3.01. The largest absolute Gasteiger partial charge is 0.464 e. The molecular weight excluding hydrogens is 244 g/mol. The number of nitrogen functional groups attached to an aromatic ring is 1. The molecule has 5 nitrogen and oxygen atoms in total. The van der Waals surface area contributed by atoms with Crippen LogP contribution in [-0.2, 0) is 4.74 Å². The van der Waals surface area contributed by atoms with E-state index in [1.807, 2.05) is 0 Å². The first-order valence-electron chi connectivity index (χ1n) is 4.73. The number of esters is 1. The fourth-order valence-electron chi connectivity index (χ4n) is 1.46. The second-order valence-corrected chi connectivity index (χ2v) is 3.71. The molecule has 17 heavy (non-hydrogen) atoms. The van der Waals surface area contributed by atoms with Crippen LogP contribution in [0, 0.1) is 0 Å². The number of nitrogens with zero attached hydrogens (tertiary/aromatic N) is 1. The van der Waals surface area contributed by atoms with E-state index in [0.717, 1.165) is 0 Å². The van der Waals surface area contributed by atoms with E-state index in [1.54, 1.807) is 24.3 Å². The van der Waals surface area contributed by atoms with Gasteiger partial charge in [-0.1, -0.05) is 28.9 Å². The Labute approximate surface area is 102 Å². The number of nitrogens with two attached hydrogens (primary N) is 1. The van der Waals surface area contributed by atoms with Crippen LogP contribution < -0.4 is 5.73 Å². The van der Waals surface area contributed by atoms with Crippen molar-refractivity contribution in [3.63, 3.8) is 0 Å². The molecule has 2 rings (SSSR count). The summed E-state index contributed by atoms with van der Waals surface area (Å²) >= 11 is 5.87. The number of carbonyl (C=O) groups is 1. The maximum Gasteiger partial charge on any atom is 0.361 e. The number of carbonyl (C=O) groups excluding carboxylic acids is 1. The highest BCUT2D eigenvalue weighted by Gasteiger charge is 2.22. The minimum absolute atomic E-state index is 0.0345. The average Bonchev–Trinajstić information content (AvgIpc) is 2.70. The quantitative estimate of drug-likeness (QED) is 0.830. The summed E-state index contributed by atoms with van der Waals surface area (Å²) in [7, 11) is 1.26. The minimum Gasteiger partial charge on any atom is -0.464 e. The summed E-state index contributed by atoms with van der Waals surface area (Å²) in [5, 5.41) is 4.10. The van der Waals surface area contributed by atoms with E-state index in [4.69, 9.17) is 21.9 Å². The average molecular weight is 253 g/mol. The summed E-state index contributed by atoms with van der Waals surface area (Å²) in [6.07, 6.45) is 0. The third kappa shape index (κ3) is 2.09. The van der Waals surface area contributed by atoms with E-state index in [0.29, 0.717) is 16.1 Å². The zero-order chi connectivity index (χ0) is 12.4. The molecular formula is C11H9ClN2O3. The second-order valence-electron chi connectivity index (χ2n) is 3.27.